The topological polar surface area (TPSA) is 56.9 Å². The molecule has 0 radical (unpaired) electrons. The van der Waals surface area contributed by atoms with Gasteiger partial charge in [-0.2, -0.15) is 0 Å². The zero-order valence-corrected chi connectivity index (χ0v) is 11.1. The number of aromatic amines is 1. The number of hydrogen-bond acceptors (Lipinski definition) is 2. The molecule has 1 aromatic carbocycles. The molecule has 2 aromatic rings. The van der Waals surface area contributed by atoms with E-state index in [2.05, 4.69) is 22.5 Å². The van der Waals surface area contributed by atoms with Crippen LogP contribution in [0.1, 0.15) is 30.3 Å². The second-order valence-corrected chi connectivity index (χ2v) is 5.54. The highest BCUT2D eigenvalue weighted by Gasteiger charge is 2.28. The van der Waals surface area contributed by atoms with E-state index in [1.54, 1.807) is 0 Å². The summed E-state index contributed by atoms with van der Waals surface area (Å²) in [5, 5.41) is 7.55. The van der Waals surface area contributed by atoms with Gasteiger partial charge in [-0.25, -0.2) is 0 Å². The average Bonchev–Trinajstić information content (AvgIpc) is 2.83. The van der Waals surface area contributed by atoms with Crippen molar-refractivity contribution < 1.29 is 4.79 Å². The minimum atomic E-state index is -0.0976. The molecule has 1 saturated heterocycles. The smallest absolute Gasteiger partial charge is 0.268 e. The largest absolute Gasteiger partial charge is 0.351 e. The van der Waals surface area contributed by atoms with Crippen LogP contribution in [0.4, 0.5) is 0 Å². The van der Waals surface area contributed by atoms with Crippen LogP contribution in [0.2, 0.25) is 0 Å². The number of rotatable bonds is 2. The molecule has 100 valence electrons. The summed E-state index contributed by atoms with van der Waals surface area (Å²) in [6.45, 7) is 4.04. The molecule has 4 nitrogen and oxygen atoms in total. The molecule has 1 amide bonds. The van der Waals surface area contributed by atoms with Crippen LogP contribution in [0, 0.1) is 0 Å². The normalized spacial score (nSPS) is 18.4. The van der Waals surface area contributed by atoms with Gasteiger partial charge in [-0.15, -0.1) is 0 Å². The molecule has 0 aliphatic carbocycles. The Morgan fingerprint density at radius 3 is 2.74 bits per heavy atom. The quantitative estimate of drug-likeness (QED) is 0.771. The van der Waals surface area contributed by atoms with E-state index in [9.17, 15) is 4.79 Å². The minimum Gasteiger partial charge on any atom is -0.351 e. The zero-order valence-electron chi connectivity index (χ0n) is 11.1. The molecule has 3 rings (SSSR count). The standard InChI is InChI=1S/C15H19N3O/c1-15(6-8-16-9-7-15)18-14(19)13-10-11-4-2-3-5-12(11)17-13/h2-5,10,16-17H,6-9H2,1H3,(H,18,19). The Bertz CT molecular complexity index is 563. The molecule has 1 aromatic heterocycles. The number of hydrogen-bond donors (Lipinski definition) is 3. The average molecular weight is 257 g/mol. The van der Waals surface area contributed by atoms with Crippen LogP contribution in [0.25, 0.3) is 10.9 Å². The summed E-state index contributed by atoms with van der Waals surface area (Å²) in [5.41, 5.74) is 1.55. The maximum Gasteiger partial charge on any atom is 0.268 e. The highest BCUT2D eigenvalue weighted by Crippen LogP contribution is 2.19. The maximum atomic E-state index is 12.3. The van der Waals surface area contributed by atoms with E-state index in [1.807, 2.05) is 30.3 Å². The van der Waals surface area contributed by atoms with Gasteiger partial charge in [-0.3, -0.25) is 4.79 Å². The van der Waals surface area contributed by atoms with Crippen molar-refractivity contribution >= 4 is 16.8 Å². The Kier molecular flexibility index (Phi) is 3.03. The first-order chi connectivity index (χ1) is 9.16. The lowest BCUT2D eigenvalue weighted by Crippen LogP contribution is -2.52. The Hall–Kier alpha value is -1.81. The van der Waals surface area contributed by atoms with Crippen LogP contribution >= 0.6 is 0 Å². The molecular weight excluding hydrogens is 238 g/mol. The lowest BCUT2D eigenvalue weighted by atomic mass is 9.90. The second-order valence-electron chi connectivity index (χ2n) is 5.54. The number of para-hydroxylation sites is 1. The molecule has 4 heteroatoms. The van der Waals surface area contributed by atoms with Gasteiger partial charge in [0, 0.05) is 16.4 Å². The molecule has 0 bridgehead atoms. The van der Waals surface area contributed by atoms with Crippen LogP contribution in [0.3, 0.4) is 0 Å². The summed E-state index contributed by atoms with van der Waals surface area (Å²) in [4.78, 5) is 15.5. The van der Waals surface area contributed by atoms with Gasteiger partial charge >= 0.3 is 0 Å². The van der Waals surface area contributed by atoms with E-state index >= 15 is 0 Å². The molecule has 1 fully saturated rings. The molecule has 19 heavy (non-hydrogen) atoms. The number of nitrogens with one attached hydrogen (secondary N) is 3. The van der Waals surface area contributed by atoms with Gasteiger partial charge in [0.1, 0.15) is 5.69 Å². The predicted octanol–water partition coefficient (Wildman–Crippen LogP) is 2.04. The summed E-state index contributed by atoms with van der Waals surface area (Å²) in [7, 11) is 0. The van der Waals surface area contributed by atoms with Crippen molar-refractivity contribution in [1.29, 1.82) is 0 Å². The third-order valence-corrected chi connectivity index (χ3v) is 3.90. The van der Waals surface area contributed by atoms with Gasteiger partial charge in [0.15, 0.2) is 0 Å². The Morgan fingerprint density at radius 1 is 1.26 bits per heavy atom. The molecular formula is C15H19N3O. The number of H-pyrrole nitrogens is 1. The van der Waals surface area contributed by atoms with Crippen molar-refractivity contribution in [3.63, 3.8) is 0 Å². The van der Waals surface area contributed by atoms with Gasteiger partial charge < -0.3 is 15.6 Å². The van der Waals surface area contributed by atoms with Crippen molar-refractivity contribution in [1.82, 2.24) is 15.6 Å². The summed E-state index contributed by atoms with van der Waals surface area (Å²) < 4.78 is 0. The van der Waals surface area contributed by atoms with E-state index in [0.717, 1.165) is 36.8 Å². The first-order valence-corrected chi connectivity index (χ1v) is 6.77. The number of fused-ring (bicyclic) bond motifs is 1. The lowest BCUT2D eigenvalue weighted by Gasteiger charge is -2.34. The molecule has 3 N–H and O–H groups in total. The Balaban J connectivity index is 1.79. The van der Waals surface area contributed by atoms with Gasteiger partial charge in [0.05, 0.1) is 0 Å². The maximum absolute atomic E-state index is 12.3. The van der Waals surface area contributed by atoms with Crippen molar-refractivity contribution in [2.45, 2.75) is 25.3 Å². The molecule has 0 unspecified atom stereocenters. The van der Waals surface area contributed by atoms with E-state index < -0.39 is 0 Å². The SMILES string of the molecule is CC1(NC(=O)c2cc3ccccc3[nH]2)CCNCC1. The van der Waals surface area contributed by atoms with Crippen LogP contribution in [0.5, 0.6) is 0 Å². The molecule has 0 spiro atoms. The molecule has 0 atom stereocenters. The van der Waals surface area contributed by atoms with Crippen molar-refractivity contribution in [3.05, 3.63) is 36.0 Å². The zero-order chi connectivity index (χ0) is 13.3. The monoisotopic (exact) mass is 257 g/mol. The van der Waals surface area contributed by atoms with E-state index in [-0.39, 0.29) is 11.4 Å². The molecule has 2 heterocycles. The van der Waals surface area contributed by atoms with E-state index in [0.29, 0.717) is 5.69 Å². The van der Waals surface area contributed by atoms with Crippen molar-refractivity contribution in [2.75, 3.05) is 13.1 Å². The van der Waals surface area contributed by atoms with Crippen LogP contribution in [-0.4, -0.2) is 29.5 Å². The summed E-state index contributed by atoms with van der Waals surface area (Å²) in [5.74, 6) is -0.0133. The highest BCUT2D eigenvalue weighted by molar-refractivity contribution is 5.98. The predicted molar refractivity (Wildman–Crippen MR) is 76.3 cm³/mol. The fraction of sp³-hybridized carbons (Fsp3) is 0.400. The summed E-state index contributed by atoms with van der Waals surface area (Å²) in [6.07, 6.45) is 1.94. The van der Waals surface area contributed by atoms with E-state index in [4.69, 9.17) is 0 Å². The van der Waals surface area contributed by atoms with Crippen molar-refractivity contribution in [2.24, 2.45) is 0 Å². The van der Waals surface area contributed by atoms with Gasteiger partial charge in [-0.1, -0.05) is 18.2 Å². The summed E-state index contributed by atoms with van der Waals surface area (Å²) in [6, 6.07) is 9.85. The number of piperidine rings is 1. The Morgan fingerprint density at radius 2 is 2.00 bits per heavy atom. The Labute approximate surface area is 112 Å². The van der Waals surface area contributed by atoms with Crippen LogP contribution in [0.15, 0.2) is 30.3 Å². The van der Waals surface area contributed by atoms with Gasteiger partial charge in [-0.05, 0) is 45.0 Å². The molecule has 1 aliphatic rings. The number of amides is 1. The third-order valence-electron chi connectivity index (χ3n) is 3.90. The highest BCUT2D eigenvalue weighted by atomic mass is 16.2. The fourth-order valence-electron chi connectivity index (χ4n) is 2.64. The number of benzene rings is 1. The van der Waals surface area contributed by atoms with Gasteiger partial charge in [0.25, 0.3) is 5.91 Å². The lowest BCUT2D eigenvalue weighted by molar-refractivity contribution is 0.0883. The second kappa shape index (κ2) is 4.70. The minimum absolute atomic E-state index is 0.0133. The van der Waals surface area contributed by atoms with Gasteiger partial charge in [0.2, 0.25) is 0 Å². The number of carbonyl (C=O) groups is 1. The third kappa shape index (κ3) is 2.49. The van der Waals surface area contributed by atoms with Crippen LogP contribution < -0.4 is 10.6 Å². The number of aromatic nitrogens is 1. The molecule has 0 saturated carbocycles. The molecule has 1 aliphatic heterocycles. The first kappa shape index (κ1) is 12.2. The summed E-state index contributed by atoms with van der Waals surface area (Å²) >= 11 is 0. The van der Waals surface area contributed by atoms with Crippen molar-refractivity contribution in [3.8, 4) is 0 Å². The first-order valence-electron chi connectivity index (χ1n) is 6.77. The number of carbonyl (C=O) groups excluding carboxylic acids is 1. The fourth-order valence-corrected chi connectivity index (χ4v) is 2.64. The van der Waals surface area contributed by atoms with Crippen LogP contribution in [-0.2, 0) is 0 Å². The van der Waals surface area contributed by atoms with E-state index in [1.165, 1.54) is 0 Å².